The number of carbonyl (C=O) groups excluding carboxylic acids is 2. The zero-order chi connectivity index (χ0) is 14.0. The highest BCUT2D eigenvalue weighted by molar-refractivity contribution is 6.29. The largest absolute Gasteiger partial charge is 0.461 e. The van der Waals surface area contributed by atoms with Gasteiger partial charge in [-0.2, -0.15) is 0 Å². The minimum Gasteiger partial charge on any atom is -0.461 e. The lowest BCUT2D eigenvalue weighted by atomic mass is 9.95. The summed E-state index contributed by atoms with van der Waals surface area (Å²) in [5.74, 6) is -2.04. The number of unbranched alkanes of at least 4 members (excludes halogenated alkanes) is 1. The van der Waals surface area contributed by atoms with E-state index in [2.05, 4.69) is 14.8 Å². The molecule has 0 amide bonds. The van der Waals surface area contributed by atoms with Crippen LogP contribution in [0.4, 0.5) is 0 Å². The Labute approximate surface area is 106 Å². The molecule has 0 aromatic carbocycles. The predicted octanol–water partition coefficient (Wildman–Crippen LogP) is 2.35. The molecule has 0 aliphatic heterocycles. The Balaban J connectivity index is 4.58. The van der Waals surface area contributed by atoms with Crippen molar-refractivity contribution in [3.63, 3.8) is 0 Å². The van der Waals surface area contributed by atoms with Crippen molar-refractivity contribution >= 4 is 11.9 Å². The van der Waals surface area contributed by atoms with E-state index in [-0.39, 0.29) is 6.54 Å². The smallest absolute Gasteiger partial charge is 0.418 e. The normalized spacial score (nSPS) is 13.1. The monoisotopic (exact) mass is 257 g/mol. The van der Waals surface area contributed by atoms with E-state index in [0.717, 1.165) is 20.0 Å². The van der Waals surface area contributed by atoms with Gasteiger partial charge in [-0.1, -0.05) is 18.5 Å². The molecule has 7 nitrogen and oxygen atoms in total. The van der Waals surface area contributed by atoms with Crippen molar-refractivity contribution in [2.75, 3.05) is 13.7 Å². The van der Waals surface area contributed by atoms with Crippen LogP contribution in [0.5, 0.6) is 0 Å². The number of methoxy groups -OCH3 is 1. The Kier molecular flexibility index (Phi) is 7.54. The molecule has 0 spiro atoms. The fourth-order valence-electron chi connectivity index (χ4n) is 1.46. The molecule has 0 saturated carbocycles. The van der Waals surface area contributed by atoms with Gasteiger partial charge in [0.1, 0.15) is 5.60 Å². The maximum absolute atomic E-state index is 11.4. The lowest BCUT2D eigenvalue weighted by Crippen LogP contribution is -2.36. The Morgan fingerprint density at radius 2 is 2.00 bits per heavy atom. The van der Waals surface area contributed by atoms with Crippen molar-refractivity contribution in [1.82, 2.24) is 0 Å². The molecule has 1 unspecified atom stereocenters. The fraction of sp³-hybridized carbons (Fsp3) is 0.818. The summed E-state index contributed by atoms with van der Waals surface area (Å²) in [6.45, 7) is 3.94. The van der Waals surface area contributed by atoms with Crippen LogP contribution in [0.1, 0.15) is 39.5 Å². The standard InChI is InChI=1S/C11H19N3O4/c1-4-5-6-11(2,7-8-13-14-12)18-10(16)9(15)17-3/h4-8H2,1-3H3. The molecule has 0 N–H and O–H groups in total. The summed E-state index contributed by atoms with van der Waals surface area (Å²) in [6.07, 6.45) is 2.76. The second-order valence-electron chi connectivity index (χ2n) is 4.14. The first-order valence-electron chi connectivity index (χ1n) is 5.81. The van der Waals surface area contributed by atoms with E-state index in [0.29, 0.717) is 12.8 Å². The van der Waals surface area contributed by atoms with Crippen LogP contribution in [0.15, 0.2) is 5.11 Å². The van der Waals surface area contributed by atoms with Crippen LogP contribution >= 0.6 is 0 Å². The number of hydrogen-bond donors (Lipinski definition) is 0. The molecule has 0 radical (unpaired) electrons. The third-order valence-corrected chi connectivity index (χ3v) is 2.55. The molecular formula is C11H19N3O4. The van der Waals surface area contributed by atoms with Gasteiger partial charge >= 0.3 is 11.9 Å². The molecule has 0 aromatic rings. The zero-order valence-corrected chi connectivity index (χ0v) is 11.0. The molecule has 0 fully saturated rings. The third-order valence-electron chi connectivity index (χ3n) is 2.55. The van der Waals surface area contributed by atoms with E-state index < -0.39 is 17.5 Å². The molecule has 0 aliphatic carbocycles. The quantitative estimate of drug-likeness (QED) is 0.229. The van der Waals surface area contributed by atoms with Crippen molar-refractivity contribution in [2.24, 2.45) is 5.11 Å². The van der Waals surface area contributed by atoms with Crippen molar-refractivity contribution in [1.29, 1.82) is 0 Å². The van der Waals surface area contributed by atoms with Gasteiger partial charge in [0.2, 0.25) is 0 Å². The van der Waals surface area contributed by atoms with Crippen LogP contribution in [0.25, 0.3) is 10.4 Å². The van der Waals surface area contributed by atoms with Gasteiger partial charge in [0.25, 0.3) is 0 Å². The minimum atomic E-state index is -1.03. The number of carbonyl (C=O) groups is 2. The number of nitrogens with zero attached hydrogens (tertiary/aromatic N) is 3. The lowest BCUT2D eigenvalue weighted by molar-refractivity contribution is -0.176. The molecule has 0 bridgehead atoms. The Bertz CT molecular complexity index is 339. The summed E-state index contributed by atoms with van der Waals surface area (Å²) in [5.41, 5.74) is 7.41. The Hall–Kier alpha value is -1.75. The maximum atomic E-state index is 11.4. The van der Waals surface area contributed by atoms with Gasteiger partial charge in [-0.25, -0.2) is 9.59 Å². The summed E-state index contributed by atoms with van der Waals surface area (Å²) in [4.78, 5) is 25.0. The Morgan fingerprint density at radius 3 is 2.50 bits per heavy atom. The summed E-state index contributed by atoms with van der Waals surface area (Å²) in [5, 5.41) is 3.41. The lowest BCUT2D eigenvalue weighted by Gasteiger charge is -2.28. The van der Waals surface area contributed by atoms with Gasteiger partial charge < -0.3 is 9.47 Å². The van der Waals surface area contributed by atoms with Gasteiger partial charge in [-0.15, -0.1) is 0 Å². The molecule has 18 heavy (non-hydrogen) atoms. The molecule has 7 heteroatoms. The van der Waals surface area contributed by atoms with Gasteiger partial charge in [0, 0.05) is 11.5 Å². The summed E-state index contributed by atoms with van der Waals surface area (Å²) in [6, 6.07) is 0. The maximum Gasteiger partial charge on any atom is 0.418 e. The predicted molar refractivity (Wildman–Crippen MR) is 64.7 cm³/mol. The molecule has 102 valence electrons. The van der Waals surface area contributed by atoms with Crippen LogP contribution in [0.2, 0.25) is 0 Å². The molecule has 0 aliphatic rings. The Morgan fingerprint density at radius 1 is 1.33 bits per heavy atom. The van der Waals surface area contributed by atoms with E-state index >= 15 is 0 Å². The topological polar surface area (TPSA) is 101 Å². The van der Waals surface area contributed by atoms with Crippen molar-refractivity contribution < 1.29 is 19.1 Å². The molecule has 0 aromatic heterocycles. The summed E-state index contributed by atoms with van der Waals surface area (Å²) >= 11 is 0. The van der Waals surface area contributed by atoms with Gasteiger partial charge in [0.15, 0.2) is 0 Å². The number of ether oxygens (including phenoxy) is 2. The van der Waals surface area contributed by atoms with Gasteiger partial charge in [-0.3, -0.25) is 0 Å². The SMILES string of the molecule is CCCCC(C)(CCN=[N+]=[N-])OC(=O)C(=O)OC. The fourth-order valence-corrected chi connectivity index (χ4v) is 1.46. The van der Waals surface area contributed by atoms with Crippen LogP contribution in [0.3, 0.4) is 0 Å². The van der Waals surface area contributed by atoms with Gasteiger partial charge in [0.05, 0.1) is 7.11 Å². The van der Waals surface area contributed by atoms with Crippen molar-refractivity contribution in [3.05, 3.63) is 10.4 Å². The molecule has 1 atom stereocenters. The van der Waals surface area contributed by atoms with Crippen molar-refractivity contribution in [2.45, 2.75) is 45.1 Å². The van der Waals surface area contributed by atoms with Crippen molar-refractivity contribution in [3.8, 4) is 0 Å². The van der Waals surface area contributed by atoms with Crippen LogP contribution in [0, 0.1) is 0 Å². The van der Waals surface area contributed by atoms with Gasteiger partial charge in [-0.05, 0) is 31.7 Å². The highest BCUT2D eigenvalue weighted by Gasteiger charge is 2.31. The first-order chi connectivity index (χ1) is 8.49. The van der Waals surface area contributed by atoms with E-state index in [1.807, 2.05) is 6.92 Å². The summed E-state index contributed by atoms with van der Waals surface area (Å²) < 4.78 is 9.44. The number of rotatable bonds is 7. The average Bonchev–Trinajstić information content (AvgIpc) is 2.35. The molecule has 0 saturated heterocycles. The number of hydrogen-bond acceptors (Lipinski definition) is 5. The van der Waals surface area contributed by atoms with Crippen LogP contribution in [-0.4, -0.2) is 31.2 Å². The summed E-state index contributed by atoms with van der Waals surface area (Å²) in [7, 11) is 1.12. The third kappa shape index (κ3) is 6.10. The number of azide groups is 1. The molecule has 0 rings (SSSR count). The van der Waals surface area contributed by atoms with E-state index in [1.165, 1.54) is 0 Å². The first kappa shape index (κ1) is 16.2. The van der Waals surface area contributed by atoms with Crippen LogP contribution in [-0.2, 0) is 19.1 Å². The number of esters is 2. The zero-order valence-electron chi connectivity index (χ0n) is 11.0. The molecular weight excluding hydrogens is 238 g/mol. The second-order valence-corrected chi connectivity index (χ2v) is 4.14. The minimum absolute atomic E-state index is 0.213. The van der Waals surface area contributed by atoms with E-state index in [4.69, 9.17) is 10.3 Å². The second kappa shape index (κ2) is 8.36. The van der Waals surface area contributed by atoms with Crippen LogP contribution < -0.4 is 0 Å². The first-order valence-corrected chi connectivity index (χ1v) is 5.81. The highest BCUT2D eigenvalue weighted by atomic mass is 16.6. The molecule has 0 heterocycles. The highest BCUT2D eigenvalue weighted by Crippen LogP contribution is 2.23. The average molecular weight is 257 g/mol. The van der Waals surface area contributed by atoms with E-state index in [1.54, 1.807) is 6.92 Å². The van der Waals surface area contributed by atoms with E-state index in [9.17, 15) is 9.59 Å².